The first kappa shape index (κ1) is 13.9. The fourth-order valence-electron chi connectivity index (χ4n) is 2.57. The second kappa shape index (κ2) is 5.72. The van der Waals surface area contributed by atoms with Gasteiger partial charge in [-0.05, 0) is 18.3 Å². The third-order valence-corrected chi connectivity index (χ3v) is 4.18. The average Bonchev–Trinajstić information content (AvgIpc) is 3.22. The molecule has 1 saturated carbocycles. The lowest BCUT2D eigenvalue weighted by Crippen LogP contribution is -2.22. The molecule has 0 radical (unpaired) electrons. The van der Waals surface area contributed by atoms with Gasteiger partial charge in [0.1, 0.15) is 11.6 Å². The molecule has 21 heavy (non-hydrogen) atoms. The minimum absolute atomic E-state index is 0.771. The van der Waals surface area contributed by atoms with Crippen LogP contribution in [-0.4, -0.2) is 30.6 Å². The molecule has 1 aliphatic rings. The molecule has 0 saturated heterocycles. The summed E-state index contributed by atoms with van der Waals surface area (Å²) in [5.74, 6) is 4.27. The molecular weight excluding hydrogens is 260 g/mol. The lowest BCUT2D eigenvalue weighted by atomic mass is 10.2. The van der Waals surface area contributed by atoms with Crippen molar-refractivity contribution in [2.45, 2.75) is 13.3 Å². The summed E-state index contributed by atoms with van der Waals surface area (Å²) in [6, 6.07) is 12.1. The van der Waals surface area contributed by atoms with Crippen LogP contribution in [0.1, 0.15) is 13.3 Å². The number of hydrogen-bond donors (Lipinski definition) is 1. The summed E-state index contributed by atoms with van der Waals surface area (Å²) in [6.07, 6.45) is 1.33. The van der Waals surface area contributed by atoms with Crippen LogP contribution in [0.15, 0.2) is 36.4 Å². The summed E-state index contributed by atoms with van der Waals surface area (Å²) in [4.78, 5) is 11.5. The Balaban J connectivity index is 1.89. The van der Waals surface area contributed by atoms with Crippen molar-refractivity contribution in [3.8, 4) is 11.4 Å². The molecule has 0 aliphatic heterocycles. The summed E-state index contributed by atoms with van der Waals surface area (Å²) < 4.78 is 0. The number of aromatic nitrogens is 2. The Kier molecular flexibility index (Phi) is 3.78. The Morgan fingerprint density at radius 2 is 1.95 bits per heavy atom. The van der Waals surface area contributed by atoms with Crippen LogP contribution in [-0.2, 0) is 0 Å². The van der Waals surface area contributed by atoms with E-state index in [1.807, 2.05) is 43.4 Å². The normalized spacial score (nSPS) is 20.1. The largest absolute Gasteiger partial charge is 0.373 e. The van der Waals surface area contributed by atoms with Gasteiger partial charge in [0.05, 0.1) is 0 Å². The lowest BCUT2D eigenvalue weighted by molar-refractivity contribution is 0.719. The summed E-state index contributed by atoms with van der Waals surface area (Å²) in [7, 11) is 4.01. The number of anilines is 2. The van der Waals surface area contributed by atoms with Crippen molar-refractivity contribution in [2.24, 2.45) is 11.8 Å². The highest BCUT2D eigenvalue weighted by atomic mass is 15.2. The van der Waals surface area contributed by atoms with Gasteiger partial charge in [-0.15, -0.1) is 0 Å². The average molecular weight is 282 g/mol. The van der Waals surface area contributed by atoms with Gasteiger partial charge < -0.3 is 10.2 Å². The number of benzene rings is 1. The van der Waals surface area contributed by atoms with Gasteiger partial charge in [-0.1, -0.05) is 37.3 Å². The van der Waals surface area contributed by atoms with Gasteiger partial charge in [0.2, 0.25) is 0 Å². The van der Waals surface area contributed by atoms with Gasteiger partial charge in [0.15, 0.2) is 5.82 Å². The molecule has 0 amide bonds. The van der Waals surface area contributed by atoms with Crippen LogP contribution >= 0.6 is 0 Å². The van der Waals surface area contributed by atoms with Gasteiger partial charge in [0, 0.05) is 32.3 Å². The van der Waals surface area contributed by atoms with Crippen molar-refractivity contribution in [1.29, 1.82) is 0 Å². The molecule has 110 valence electrons. The van der Waals surface area contributed by atoms with Crippen LogP contribution in [0.5, 0.6) is 0 Å². The zero-order valence-electron chi connectivity index (χ0n) is 12.9. The molecule has 0 spiro atoms. The Labute approximate surface area is 126 Å². The summed E-state index contributed by atoms with van der Waals surface area (Å²) in [5.41, 5.74) is 1.05. The van der Waals surface area contributed by atoms with Gasteiger partial charge in [-0.25, -0.2) is 9.97 Å². The maximum atomic E-state index is 4.73. The van der Waals surface area contributed by atoms with E-state index >= 15 is 0 Å². The maximum Gasteiger partial charge on any atom is 0.163 e. The van der Waals surface area contributed by atoms with Crippen LogP contribution in [0.2, 0.25) is 0 Å². The van der Waals surface area contributed by atoms with Crippen LogP contribution in [0.25, 0.3) is 11.4 Å². The quantitative estimate of drug-likeness (QED) is 0.913. The first-order valence-corrected chi connectivity index (χ1v) is 7.50. The topological polar surface area (TPSA) is 41.0 Å². The molecule has 1 fully saturated rings. The molecule has 1 heterocycles. The molecule has 2 aromatic rings. The van der Waals surface area contributed by atoms with Crippen LogP contribution < -0.4 is 10.2 Å². The molecule has 1 aromatic carbocycles. The fourth-order valence-corrected chi connectivity index (χ4v) is 2.57. The molecule has 2 unspecified atom stereocenters. The highest BCUT2D eigenvalue weighted by molar-refractivity contribution is 5.61. The minimum atomic E-state index is 0.771. The predicted molar refractivity (Wildman–Crippen MR) is 87.6 cm³/mol. The standard InChI is InChI=1S/C17H22N4/c1-12-9-14(12)11-21(3)16-10-15(18-2)19-17(20-16)13-7-5-4-6-8-13/h4-8,10,12,14H,9,11H2,1-3H3,(H,18,19,20). The smallest absolute Gasteiger partial charge is 0.163 e. The Morgan fingerprint density at radius 3 is 2.57 bits per heavy atom. The monoisotopic (exact) mass is 282 g/mol. The lowest BCUT2D eigenvalue weighted by Gasteiger charge is -2.19. The summed E-state index contributed by atoms with van der Waals surface area (Å²) in [5, 5.41) is 3.13. The van der Waals surface area contributed by atoms with Gasteiger partial charge in [0.25, 0.3) is 0 Å². The van der Waals surface area contributed by atoms with Crippen molar-refractivity contribution < 1.29 is 0 Å². The van der Waals surface area contributed by atoms with Crippen molar-refractivity contribution in [3.05, 3.63) is 36.4 Å². The third kappa shape index (κ3) is 3.15. The maximum absolute atomic E-state index is 4.73. The van der Waals surface area contributed by atoms with E-state index in [1.165, 1.54) is 6.42 Å². The zero-order valence-corrected chi connectivity index (χ0v) is 12.9. The van der Waals surface area contributed by atoms with Crippen molar-refractivity contribution in [2.75, 3.05) is 30.9 Å². The van der Waals surface area contributed by atoms with Crippen molar-refractivity contribution in [3.63, 3.8) is 0 Å². The molecule has 1 aliphatic carbocycles. The first-order chi connectivity index (χ1) is 10.2. The predicted octanol–water partition coefficient (Wildman–Crippen LogP) is 3.28. The second-order valence-electron chi connectivity index (χ2n) is 5.90. The van der Waals surface area contributed by atoms with E-state index in [4.69, 9.17) is 4.98 Å². The molecule has 4 heteroatoms. The number of rotatable bonds is 5. The van der Waals surface area contributed by atoms with E-state index in [-0.39, 0.29) is 0 Å². The molecule has 2 atom stereocenters. The van der Waals surface area contributed by atoms with E-state index in [1.54, 1.807) is 0 Å². The fraction of sp³-hybridized carbons (Fsp3) is 0.412. The summed E-state index contributed by atoms with van der Waals surface area (Å²) >= 11 is 0. The highest BCUT2D eigenvalue weighted by Gasteiger charge is 2.33. The van der Waals surface area contributed by atoms with Gasteiger partial charge in [-0.3, -0.25) is 0 Å². The number of nitrogens with zero attached hydrogens (tertiary/aromatic N) is 3. The molecule has 1 N–H and O–H groups in total. The second-order valence-corrected chi connectivity index (χ2v) is 5.90. The Hall–Kier alpha value is -2.10. The van der Waals surface area contributed by atoms with E-state index in [0.717, 1.165) is 41.4 Å². The van der Waals surface area contributed by atoms with Crippen LogP contribution in [0.4, 0.5) is 11.6 Å². The van der Waals surface area contributed by atoms with Crippen LogP contribution in [0, 0.1) is 11.8 Å². The molecule has 1 aromatic heterocycles. The van der Waals surface area contributed by atoms with E-state index in [0.29, 0.717) is 0 Å². The molecule has 4 nitrogen and oxygen atoms in total. The zero-order chi connectivity index (χ0) is 14.8. The molecular formula is C17H22N4. The SMILES string of the molecule is CNc1cc(N(C)CC2CC2C)nc(-c2ccccc2)n1. The number of hydrogen-bond acceptors (Lipinski definition) is 4. The number of nitrogens with one attached hydrogen (secondary N) is 1. The molecule has 3 rings (SSSR count). The van der Waals surface area contributed by atoms with E-state index in [9.17, 15) is 0 Å². The summed E-state index contributed by atoms with van der Waals surface area (Å²) in [6.45, 7) is 3.38. The first-order valence-electron chi connectivity index (χ1n) is 7.50. The van der Waals surface area contributed by atoms with Gasteiger partial charge in [-0.2, -0.15) is 0 Å². The highest BCUT2D eigenvalue weighted by Crippen LogP contribution is 2.38. The third-order valence-electron chi connectivity index (χ3n) is 4.18. The van der Waals surface area contributed by atoms with Crippen molar-refractivity contribution >= 4 is 11.6 Å². The Bertz CT molecular complexity index is 611. The van der Waals surface area contributed by atoms with E-state index < -0.39 is 0 Å². The van der Waals surface area contributed by atoms with Crippen LogP contribution in [0.3, 0.4) is 0 Å². The van der Waals surface area contributed by atoms with Crippen molar-refractivity contribution in [1.82, 2.24) is 9.97 Å². The van der Waals surface area contributed by atoms with Gasteiger partial charge >= 0.3 is 0 Å². The Morgan fingerprint density at radius 1 is 1.24 bits per heavy atom. The minimum Gasteiger partial charge on any atom is -0.373 e. The molecule has 0 bridgehead atoms. The van der Waals surface area contributed by atoms with E-state index in [2.05, 4.69) is 29.2 Å².